The maximum absolute atomic E-state index is 13.7. The van der Waals surface area contributed by atoms with Crippen LogP contribution < -0.4 is 10.6 Å². The number of carbonyl (C=O) groups excluding carboxylic acids is 1. The zero-order chi connectivity index (χ0) is 23.8. The number of aryl methyl sites for hydroxylation is 1. The number of nitrogen functional groups attached to an aromatic ring is 1. The third-order valence-electron chi connectivity index (χ3n) is 5.65. The van der Waals surface area contributed by atoms with Crippen molar-refractivity contribution in [2.45, 2.75) is 18.4 Å². The fourth-order valence-corrected chi connectivity index (χ4v) is 6.11. The highest BCUT2D eigenvalue weighted by Crippen LogP contribution is 2.50. The fourth-order valence-electron chi connectivity index (χ4n) is 3.79. The number of hydrogen-bond donors (Lipinski definition) is 1. The van der Waals surface area contributed by atoms with Crippen LogP contribution in [0.2, 0.25) is 0 Å². The molecule has 0 saturated carbocycles. The van der Waals surface area contributed by atoms with E-state index in [1.165, 1.54) is 11.8 Å². The van der Waals surface area contributed by atoms with Crippen molar-refractivity contribution in [2.24, 2.45) is 4.99 Å². The summed E-state index contributed by atoms with van der Waals surface area (Å²) < 4.78 is 0. The first kappa shape index (κ1) is 22.1. The Morgan fingerprint density at radius 3 is 2.62 bits per heavy atom. The van der Waals surface area contributed by atoms with Gasteiger partial charge in [-0.2, -0.15) is 5.26 Å². The molecule has 5 rings (SSSR count). The van der Waals surface area contributed by atoms with Crippen LogP contribution in [-0.2, 0) is 11.3 Å². The molecule has 0 atom stereocenters. The van der Waals surface area contributed by atoms with Crippen LogP contribution in [0.1, 0.15) is 16.7 Å². The zero-order valence-corrected chi connectivity index (χ0v) is 20.3. The molecule has 168 valence electrons. The van der Waals surface area contributed by atoms with E-state index in [1.807, 2.05) is 73.5 Å². The smallest absolute Gasteiger partial charge is 0.269 e. The number of aliphatic imine (C=N–C) groups is 1. The summed E-state index contributed by atoms with van der Waals surface area (Å²) in [6, 6.07) is 23.2. The van der Waals surface area contributed by atoms with Crippen molar-refractivity contribution in [1.29, 1.82) is 5.26 Å². The summed E-state index contributed by atoms with van der Waals surface area (Å²) in [7, 11) is 1.95. The van der Waals surface area contributed by atoms with E-state index in [0.29, 0.717) is 33.6 Å². The molecule has 3 aromatic rings. The number of benzene rings is 3. The Morgan fingerprint density at radius 2 is 1.85 bits per heavy atom. The van der Waals surface area contributed by atoms with Crippen molar-refractivity contribution in [3.63, 3.8) is 0 Å². The van der Waals surface area contributed by atoms with E-state index >= 15 is 0 Å². The number of carbonyl (C=O) groups is 1. The standard InChI is InChI=1S/C26H21N5OS2/c1-16-8-9-18(14-27)12-20(16)29-26-31(15-17-6-4-3-5-7-17)24(32)23(34-26)25-30(2)21-13-19(28)10-11-22(21)33-25/h3-13H,15,28H2,1-2H3. The molecule has 1 fully saturated rings. The Balaban J connectivity index is 1.59. The van der Waals surface area contributed by atoms with Gasteiger partial charge in [-0.05, 0) is 60.1 Å². The van der Waals surface area contributed by atoms with Crippen LogP contribution in [0.3, 0.4) is 0 Å². The Kier molecular flexibility index (Phi) is 5.82. The van der Waals surface area contributed by atoms with Crippen molar-refractivity contribution in [2.75, 3.05) is 17.7 Å². The van der Waals surface area contributed by atoms with Crippen LogP contribution in [0.25, 0.3) is 0 Å². The lowest BCUT2D eigenvalue weighted by atomic mass is 10.1. The summed E-state index contributed by atoms with van der Waals surface area (Å²) in [5, 5.41) is 10.8. The molecule has 0 spiro atoms. The van der Waals surface area contributed by atoms with Crippen LogP contribution in [-0.4, -0.2) is 23.0 Å². The van der Waals surface area contributed by atoms with Crippen LogP contribution in [0.4, 0.5) is 17.1 Å². The van der Waals surface area contributed by atoms with Gasteiger partial charge >= 0.3 is 0 Å². The molecule has 1 amide bonds. The van der Waals surface area contributed by atoms with Gasteiger partial charge in [0.2, 0.25) is 0 Å². The van der Waals surface area contributed by atoms with Gasteiger partial charge in [-0.3, -0.25) is 9.69 Å². The van der Waals surface area contributed by atoms with Crippen LogP contribution >= 0.6 is 23.5 Å². The van der Waals surface area contributed by atoms with Crippen LogP contribution in [0.5, 0.6) is 0 Å². The Labute approximate surface area is 206 Å². The van der Waals surface area contributed by atoms with Crippen LogP contribution in [0, 0.1) is 18.3 Å². The second-order valence-electron chi connectivity index (χ2n) is 8.01. The third-order valence-corrected chi connectivity index (χ3v) is 8.08. The molecule has 2 N–H and O–H groups in total. The van der Waals surface area contributed by atoms with Crippen LogP contribution in [0.15, 0.2) is 86.6 Å². The first-order chi connectivity index (χ1) is 16.4. The molecule has 2 aliphatic rings. The van der Waals surface area contributed by atoms with Crippen molar-refractivity contribution in [3.05, 3.63) is 93.4 Å². The first-order valence-electron chi connectivity index (χ1n) is 10.6. The van der Waals surface area contributed by atoms with Gasteiger partial charge < -0.3 is 10.6 Å². The number of nitrogens with zero attached hydrogens (tertiary/aromatic N) is 4. The molecule has 0 radical (unpaired) electrons. The number of anilines is 2. The summed E-state index contributed by atoms with van der Waals surface area (Å²) in [6.45, 7) is 2.36. The highest BCUT2D eigenvalue weighted by molar-refractivity contribution is 8.19. The van der Waals surface area contributed by atoms with Crippen molar-refractivity contribution >= 4 is 51.7 Å². The van der Waals surface area contributed by atoms with Crippen molar-refractivity contribution in [3.8, 4) is 6.07 Å². The molecule has 8 heteroatoms. The van der Waals surface area contributed by atoms with E-state index in [9.17, 15) is 10.1 Å². The molecule has 3 aromatic carbocycles. The average Bonchev–Trinajstić information content (AvgIpc) is 3.32. The minimum atomic E-state index is -0.0863. The summed E-state index contributed by atoms with van der Waals surface area (Å²) in [5.74, 6) is -0.0863. The summed E-state index contributed by atoms with van der Waals surface area (Å²) in [6.07, 6.45) is 0. The second-order valence-corrected chi connectivity index (χ2v) is 10.0. The van der Waals surface area contributed by atoms with Crippen molar-refractivity contribution < 1.29 is 4.79 Å². The van der Waals surface area contributed by atoms with Gasteiger partial charge in [0.25, 0.3) is 5.91 Å². The lowest BCUT2D eigenvalue weighted by Crippen LogP contribution is -2.29. The molecule has 0 unspecified atom stereocenters. The van der Waals surface area contributed by atoms with Gasteiger partial charge in [0.05, 0.1) is 34.6 Å². The molecule has 0 aromatic heterocycles. The van der Waals surface area contributed by atoms with Gasteiger partial charge in [-0.15, -0.1) is 0 Å². The molecular weight excluding hydrogens is 462 g/mol. The van der Waals surface area contributed by atoms with Gasteiger partial charge in [0.15, 0.2) is 5.17 Å². The molecule has 1 saturated heterocycles. The number of hydrogen-bond acceptors (Lipinski definition) is 7. The Bertz CT molecular complexity index is 1410. The van der Waals surface area contributed by atoms with Gasteiger partial charge in [-0.1, -0.05) is 48.2 Å². The van der Waals surface area contributed by atoms with E-state index in [-0.39, 0.29) is 5.91 Å². The topological polar surface area (TPSA) is 85.7 Å². The van der Waals surface area contributed by atoms with Gasteiger partial charge in [-0.25, -0.2) is 4.99 Å². The first-order valence-corrected chi connectivity index (χ1v) is 12.3. The zero-order valence-electron chi connectivity index (χ0n) is 18.6. The maximum Gasteiger partial charge on any atom is 0.269 e. The normalized spacial score (nSPS) is 18.5. The summed E-state index contributed by atoms with van der Waals surface area (Å²) in [4.78, 5) is 24.0. The van der Waals surface area contributed by atoms with Gasteiger partial charge in [0, 0.05) is 17.6 Å². The molecular formula is C26H21N5OS2. The number of nitriles is 1. The predicted molar refractivity (Wildman–Crippen MR) is 140 cm³/mol. The van der Waals surface area contributed by atoms with Crippen molar-refractivity contribution in [1.82, 2.24) is 4.90 Å². The summed E-state index contributed by atoms with van der Waals surface area (Å²) in [5.41, 5.74) is 10.8. The number of fused-ring (bicyclic) bond motifs is 1. The monoisotopic (exact) mass is 483 g/mol. The van der Waals surface area contributed by atoms with E-state index in [0.717, 1.165) is 26.7 Å². The third kappa shape index (κ3) is 4.04. The number of thioether (sulfide) groups is 2. The molecule has 0 aliphatic carbocycles. The highest BCUT2D eigenvalue weighted by Gasteiger charge is 2.39. The molecule has 2 heterocycles. The molecule has 0 bridgehead atoms. The fraction of sp³-hybridized carbons (Fsp3) is 0.115. The molecule has 2 aliphatic heterocycles. The number of nitrogens with two attached hydrogens (primary N) is 1. The minimum Gasteiger partial charge on any atom is -0.399 e. The SMILES string of the molecule is Cc1ccc(C#N)cc1N=C1SC(=C2Sc3ccc(N)cc3N2C)C(=O)N1Cc1ccccc1. The number of amides is 1. The minimum absolute atomic E-state index is 0.0863. The lowest BCUT2D eigenvalue weighted by Gasteiger charge is -2.17. The average molecular weight is 484 g/mol. The van der Waals surface area contributed by atoms with E-state index in [4.69, 9.17) is 10.7 Å². The largest absolute Gasteiger partial charge is 0.399 e. The Morgan fingerprint density at radius 1 is 1.06 bits per heavy atom. The molecule has 34 heavy (non-hydrogen) atoms. The quantitative estimate of drug-likeness (QED) is 0.384. The van der Waals surface area contributed by atoms with Gasteiger partial charge in [0.1, 0.15) is 4.91 Å². The maximum atomic E-state index is 13.7. The summed E-state index contributed by atoms with van der Waals surface area (Å²) >= 11 is 2.93. The van der Waals surface area contributed by atoms with E-state index < -0.39 is 0 Å². The highest BCUT2D eigenvalue weighted by atomic mass is 32.2. The van der Waals surface area contributed by atoms with E-state index in [1.54, 1.807) is 28.8 Å². The lowest BCUT2D eigenvalue weighted by molar-refractivity contribution is -0.122. The van der Waals surface area contributed by atoms with E-state index in [2.05, 4.69) is 6.07 Å². The second kappa shape index (κ2) is 8.93. The predicted octanol–water partition coefficient (Wildman–Crippen LogP) is 5.62. The Hall–Kier alpha value is -3.67. The number of amidine groups is 1. The molecule has 6 nitrogen and oxygen atoms in total. The number of rotatable bonds is 3.